The summed E-state index contributed by atoms with van der Waals surface area (Å²) in [6.07, 6.45) is 1.88. The number of nitrogens with one attached hydrogen (secondary N) is 1. The Morgan fingerprint density at radius 3 is 2.83 bits per heavy atom. The van der Waals surface area contributed by atoms with Crippen LogP contribution in [-0.4, -0.2) is 40.6 Å². The third-order valence-electron chi connectivity index (χ3n) is 3.93. The molecule has 0 spiro atoms. The maximum atomic E-state index is 4.44. The fourth-order valence-corrected chi connectivity index (χ4v) is 2.69. The number of aromatic nitrogens is 2. The van der Waals surface area contributed by atoms with Crippen LogP contribution in [0.4, 0.5) is 0 Å². The molecular formula is C14H20N4. The van der Waals surface area contributed by atoms with Crippen molar-refractivity contribution in [2.45, 2.75) is 13.0 Å². The van der Waals surface area contributed by atoms with Crippen LogP contribution in [0.2, 0.25) is 0 Å². The predicted octanol–water partition coefficient (Wildman–Crippen LogP) is 1.54. The Kier molecular flexibility index (Phi) is 3.06. The summed E-state index contributed by atoms with van der Waals surface area (Å²) in [5, 5.41) is 3.40. The number of fused-ring (bicyclic) bond motifs is 1. The van der Waals surface area contributed by atoms with Crippen LogP contribution in [0.5, 0.6) is 0 Å². The average Bonchev–Trinajstić information content (AvgIpc) is 2.80. The van der Waals surface area contributed by atoms with Gasteiger partial charge >= 0.3 is 0 Å². The highest BCUT2D eigenvalue weighted by atomic mass is 15.2. The van der Waals surface area contributed by atoms with E-state index in [2.05, 4.69) is 44.9 Å². The zero-order valence-electron chi connectivity index (χ0n) is 11.1. The Balaban J connectivity index is 1.88. The Morgan fingerprint density at radius 1 is 1.28 bits per heavy atom. The Morgan fingerprint density at radius 2 is 2.06 bits per heavy atom. The molecule has 0 radical (unpaired) electrons. The van der Waals surface area contributed by atoms with Crippen molar-refractivity contribution in [1.82, 2.24) is 19.8 Å². The van der Waals surface area contributed by atoms with Gasteiger partial charge in [-0.2, -0.15) is 0 Å². The van der Waals surface area contributed by atoms with Gasteiger partial charge < -0.3 is 9.88 Å². The number of piperazine rings is 1. The second-order valence-electron chi connectivity index (χ2n) is 5.07. The number of benzene rings is 1. The van der Waals surface area contributed by atoms with Crippen LogP contribution in [0.1, 0.15) is 18.5 Å². The first-order chi connectivity index (χ1) is 8.75. The second kappa shape index (κ2) is 4.71. The molecule has 1 aliphatic rings. The third-order valence-corrected chi connectivity index (χ3v) is 3.93. The molecule has 4 nitrogen and oxygen atoms in total. The summed E-state index contributed by atoms with van der Waals surface area (Å²) < 4.78 is 2.06. The summed E-state index contributed by atoms with van der Waals surface area (Å²) >= 11 is 0. The van der Waals surface area contributed by atoms with Crippen molar-refractivity contribution >= 4 is 11.0 Å². The zero-order chi connectivity index (χ0) is 12.5. The minimum absolute atomic E-state index is 0.471. The lowest BCUT2D eigenvalue weighted by Gasteiger charge is -2.33. The van der Waals surface area contributed by atoms with Gasteiger partial charge in [-0.15, -0.1) is 0 Å². The van der Waals surface area contributed by atoms with Crippen LogP contribution < -0.4 is 5.32 Å². The monoisotopic (exact) mass is 244 g/mol. The molecule has 0 saturated carbocycles. The Labute approximate surface area is 108 Å². The second-order valence-corrected chi connectivity index (χ2v) is 5.07. The van der Waals surface area contributed by atoms with E-state index in [-0.39, 0.29) is 0 Å². The zero-order valence-corrected chi connectivity index (χ0v) is 11.1. The summed E-state index contributed by atoms with van der Waals surface area (Å²) in [6.45, 7) is 6.73. The van der Waals surface area contributed by atoms with Crippen molar-refractivity contribution in [3.63, 3.8) is 0 Å². The number of nitrogens with zero attached hydrogens (tertiary/aromatic N) is 3. The summed E-state index contributed by atoms with van der Waals surface area (Å²) in [7, 11) is 2.04. The van der Waals surface area contributed by atoms with Crippen LogP contribution in [0.15, 0.2) is 24.5 Å². The van der Waals surface area contributed by atoms with Gasteiger partial charge in [-0.25, -0.2) is 4.98 Å². The van der Waals surface area contributed by atoms with Crippen LogP contribution in [0.3, 0.4) is 0 Å². The van der Waals surface area contributed by atoms with Crippen LogP contribution in [0.25, 0.3) is 11.0 Å². The topological polar surface area (TPSA) is 33.1 Å². The SMILES string of the molecule is CC(c1ccc2c(c1)ncn2C)N1CCNCC1. The fraction of sp³-hybridized carbons (Fsp3) is 0.500. The molecule has 1 unspecified atom stereocenters. The summed E-state index contributed by atoms with van der Waals surface area (Å²) in [5.74, 6) is 0. The summed E-state index contributed by atoms with van der Waals surface area (Å²) in [6, 6.07) is 7.10. The van der Waals surface area contributed by atoms with Gasteiger partial charge in [-0.05, 0) is 24.6 Å². The van der Waals surface area contributed by atoms with Crippen molar-refractivity contribution in [2.24, 2.45) is 7.05 Å². The van der Waals surface area contributed by atoms with E-state index >= 15 is 0 Å². The van der Waals surface area contributed by atoms with Gasteiger partial charge in [0.25, 0.3) is 0 Å². The van der Waals surface area contributed by atoms with E-state index < -0.39 is 0 Å². The smallest absolute Gasteiger partial charge is 0.0955 e. The van der Waals surface area contributed by atoms with E-state index in [9.17, 15) is 0 Å². The molecule has 1 fully saturated rings. The highest BCUT2D eigenvalue weighted by Crippen LogP contribution is 2.23. The molecule has 2 heterocycles. The average molecular weight is 244 g/mol. The lowest BCUT2D eigenvalue weighted by Crippen LogP contribution is -2.44. The van der Waals surface area contributed by atoms with E-state index in [0.717, 1.165) is 31.7 Å². The van der Waals surface area contributed by atoms with Crippen LogP contribution >= 0.6 is 0 Å². The molecule has 1 atom stereocenters. The molecule has 1 saturated heterocycles. The van der Waals surface area contributed by atoms with Gasteiger partial charge in [-0.3, -0.25) is 4.90 Å². The van der Waals surface area contributed by atoms with Crippen LogP contribution in [-0.2, 0) is 7.05 Å². The van der Waals surface area contributed by atoms with Gasteiger partial charge in [0.1, 0.15) is 0 Å². The van der Waals surface area contributed by atoms with E-state index in [1.807, 2.05) is 13.4 Å². The fourth-order valence-electron chi connectivity index (χ4n) is 2.69. The van der Waals surface area contributed by atoms with Gasteiger partial charge in [0.15, 0.2) is 0 Å². The highest BCUT2D eigenvalue weighted by molar-refractivity contribution is 5.76. The molecule has 1 aromatic carbocycles. The highest BCUT2D eigenvalue weighted by Gasteiger charge is 2.18. The molecule has 1 aliphatic heterocycles. The minimum atomic E-state index is 0.471. The Bertz CT molecular complexity index is 540. The van der Waals surface area contributed by atoms with E-state index in [0.29, 0.717) is 6.04 Å². The van der Waals surface area contributed by atoms with Crippen molar-refractivity contribution in [2.75, 3.05) is 26.2 Å². The molecule has 1 aromatic heterocycles. The minimum Gasteiger partial charge on any atom is -0.334 e. The Hall–Kier alpha value is -1.39. The maximum absolute atomic E-state index is 4.44. The van der Waals surface area contributed by atoms with E-state index in [1.54, 1.807) is 0 Å². The molecule has 3 rings (SSSR count). The third kappa shape index (κ3) is 2.02. The molecule has 2 aromatic rings. The van der Waals surface area contributed by atoms with Crippen molar-refractivity contribution in [3.05, 3.63) is 30.1 Å². The van der Waals surface area contributed by atoms with Gasteiger partial charge in [0.05, 0.1) is 17.4 Å². The predicted molar refractivity (Wildman–Crippen MR) is 73.6 cm³/mol. The van der Waals surface area contributed by atoms with Crippen molar-refractivity contribution in [3.8, 4) is 0 Å². The molecular weight excluding hydrogens is 224 g/mol. The lowest BCUT2D eigenvalue weighted by molar-refractivity contribution is 0.185. The molecule has 1 N–H and O–H groups in total. The summed E-state index contributed by atoms with van der Waals surface area (Å²) in [5.41, 5.74) is 3.66. The van der Waals surface area contributed by atoms with Gasteiger partial charge in [-0.1, -0.05) is 6.07 Å². The normalized spacial score (nSPS) is 19.2. The first-order valence-electron chi connectivity index (χ1n) is 6.61. The number of hydrogen-bond acceptors (Lipinski definition) is 3. The molecule has 18 heavy (non-hydrogen) atoms. The number of imidazole rings is 1. The first-order valence-corrected chi connectivity index (χ1v) is 6.61. The maximum Gasteiger partial charge on any atom is 0.0955 e. The van der Waals surface area contributed by atoms with Crippen molar-refractivity contribution in [1.29, 1.82) is 0 Å². The number of aryl methyl sites for hydroxylation is 1. The number of rotatable bonds is 2. The lowest BCUT2D eigenvalue weighted by atomic mass is 10.1. The number of hydrogen-bond donors (Lipinski definition) is 1. The summed E-state index contributed by atoms with van der Waals surface area (Å²) in [4.78, 5) is 6.97. The molecule has 0 amide bonds. The largest absolute Gasteiger partial charge is 0.334 e. The molecule has 0 aliphatic carbocycles. The van der Waals surface area contributed by atoms with Gasteiger partial charge in [0.2, 0.25) is 0 Å². The first kappa shape index (κ1) is 11.7. The molecule has 96 valence electrons. The standard InChI is InChI=1S/C14H20N4/c1-11(18-7-5-15-6-8-18)12-3-4-14-13(9-12)16-10-17(14)2/h3-4,9-11,15H,5-8H2,1-2H3. The van der Waals surface area contributed by atoms with E-state index in [1.165, 1.54) is 11.1 Å². The molecule has 4 heteroatoms. The van der Waals surface area contributed by atoms with Crippen LogP contribution in [0, 0.1) is 0 Å². The van der Waals surface area contributed by atoms with Crippen molar-refractivity contribution < 1.29 is 0 Å². The molecule has 0 bridgehead atoms. The quantitative estimate of drug-likeness (QED) is 0.870. The van der Waals surface area contributed by atoms with Gasteiger partial charge in [0, 0.05) is 39.3 Å². The van der Waals surface area contributed by atoms with E-state index in [4.69, 9.17) is 0 Å².